The van der Waals surface area contributed by atoms with E-state index in [1.54, 1.807) is 0 Å². The summed E-state index contributed by atoms with van der Waals surface area (Å²) in [6, 6.07) is 16.3. The van der Waals surface area contributed by atoms with E-state index in [9.17, 15) is 0 Å². The van der Waals surface area contributed by atoms with Gasteiger partial charge in [0.2, 0.25) is 0 Å². The molecule has 0 fully saturated rings. The number of benzene rings is 2. The summed E-state index contributed by atoms with van der Waals surface area (Å²) in [5, 5.41) is 0.775. The molecule has 0 aliphatic rings. The molecule has 0 spiro atoms. The van der Waals surface area contributed by atoms with Crippen molar-refractivity contribution in [3.05, 3.63) is 70.2 Å². The van der Waals surface area contributed by atoms with Gasteiger partial charge >= 0.3 is 0 Å². The Bertz CT molecular complexity index is 532. The van der Waals surface area contributed by atoms with Gasteiger partial charge in [-0.25, -0.2) is 0 Å². The van der Waals surface area contributed by atoms with Crippen LogP contribution in [0.3, 0.4) is 0 Å². The van der Waals surface area contributed by atoms with Gasteiger partial charge in [0.1, 0.15) is 0 Å². The zero-order valence-electron chi connectivity index (χ0n) is 10.8. The molecule has 2 aromatic carbocycles. The van der Waals surface area contributed by atoms with Crippen LogP contribution in [0.4, 0.5) is 0 Å². The van der Waals surface area contributed by atoms with Crippen molar-refractivity contribution in [1.82, 2.24) is 0 Å². The van der Waals surface area contributed by atoms with Crippen molar-refractivity contribution >= 4 is 11.6 Å². The molecule has 2 rings (SSSR count). The zero-order chi connectivity index (χ0) is 13.2. The number of hydrogen-bond donors (Lipinski definition) is 1. The number of aryl methyl sites for hydroxylation is 1. The average Bonchev–Trinajstić information content (AvgIpc) is 2.33. The van der Waals surface area contributed by atoms with E-state index in [1.165, 1.54) is 5.56 Å². The van der Waals surface area contributed by atoms with E-state index >= 15 is 0 Å². The van der Waals surface area contributed by atoms with E-state index in [-0.39, 0.29) is 0 Å². The third-order valence-corrected chi connectivity index (χ3v) is 3.65. The number of rotatable bonds is 3. The minimum Gasteiger partial charge on any atom is -0.321 e. The molecule has 0 aromatic heterocycles. The Labute approximate surface area is 114 Å². The van der Waals surface area contributed by atoms with E-state index in [1.807, 2.05) is 44.2 Å². The summed E-state index contributed by atoms with van der Waals surface area (Å²) in [6.07, 6.45) is 0.799. The predicted molar refractivity (Wildman–Crippen MR) is 77.9 cm³/mol. The highest BCUT2D eigenvalue weighted by atomic mass is 35.5. The predicted octanol–water partition coefficient (Wildman–Crippen LogP) is 4.07. The van der Waals surface area contributed by atoms with Crippen LogP contribution in [0.15, 0.2) is 48.5 Å². The maximum Gasteiger partial charge on any atom is 0.0438 e. The smallest absolute Gasteiger partial charge is 0.0438 e. The van der Waals surface area contributed by atoms with Crippen LogP contribution in [-0.2, 0) is 12.0 Å². The fourth-order valence-corrected chi connectivity index (χ4v) is 2.25. The quantitative estimate of drug-likeness (QED) is 0.884. The normalized spacial score (nSPS) is 14.2. The molecule has 0 saturated heterocycles. The summed E-state index contributed by atoms with van der Waals surface area (Å²) < 4.78 is 0. The Morgan fingerprint density at radius 2 is 1.78 bits per heavy atom. The molecule has 0 bridgehead atoms. The largest absolute Gasteiger partial charge is 0.321 e. The number of hydrogen-bond acceptors (Lipinski definition) is 1. The monoisotopic (exact) mass is 259 g/mol. The summed E-state index contributed by atoms with van der Waals surface area (Å²) in [5.74, 6) is 0. The van der Waals surface area contributed by atoms with Crippen LogP contribution in [0.1, 0.15) is 23.6 Å². The van der Waals surface area contributed by atoms with Crippen LogP contribution >= 0.6 is 11.6 Å². The maximum absolute atomic E-state index is 6.43. The van der Waals surface area contributed by atoms with E-state index in [4.69, 9.17) is 17.3 Å². The summed E-state index contributed by atoms with van der Waals surface area (Å²) in [6.45, 7) is 4.04. The molecule has 0 aliphatic heterocycles. The van der Waals surface area contributed by atoms with Crippen molar-refractivity contribution in [3.63, 3.8) is 0 Å². The van der Waals surface area contributed by atoms with Crippen LogP contribution < -0.4 is 5.73 Å². The van der Waals surface area contributed by atoms with E-state index in [0.29, 0.717) is 0 Å². The molecular formula is C16H18ClN. The summed E-state index contributed by atoms with van der Waals surface area (Å²) in [4.78, 5) is 0. The third-order valence-electron chi connectivity index (χ3n) is 3.25. The van der Waals surface area contributed by atoms with Gasteiger partial charge in [-0.05, 0) is 43.0 Å². The lowest BCUT2D eigenvalue weighted by molar-refractivity contribution is 0.491. The topological polar surface area (TPSA) is 26.0 Å². The van der Waals surface area contributed by atoms with Gasteiger partial charge in [0.05, 0.1) is 0 Å². The second-order valence-electron chi connectivity index (χ2n) is 5.04. The highest BCUT2D eigenvalue weighted by Crippen LogP contribution is 2.26. The van der Waals surface area contributed by atoms with Crippen LogP contribution in [0, 0.1) is 6.92 Å². The first-order chi connectivity index (χ1) is 8.49. The van der Waals surface area contributed by atoms with Crippen molar-refractivity contribution in [3.8, 4) is 0 Å². The van der Waals surface area contributed by atoms with E-state index in [2.05, 4.69) is 18.2 Å². The molecule has 0 saturated carbocycles. The van der Waals surface area contributed by atoms with Gasteiger partial charge in [0.25, 0.3) is 0 Å². The first-order valence-electron chi connectivity index (χ1n) is 6.08. The number of nitrogens with two attached hydrogens (primary N) is 1. The van der Waals surface area contributed by atoms with Crippen LogP contribution in [0.5, 0.6) is 0 Å². The highest BCUT2D eigenvalue weighted by molar-refractivity contribution is 6.31. The van der Waals surface area contributed by atoms with Gasteiger partial charge in [-0.1, -0.05) is 54.1 Å². The molecule has 0 aliphatic carbocycles. The molecule has 94 valence electrons. The van der Waals surface area contributed by atoms with Crippen molar-refractivity contribution in [2.75, 3.05) is 0 Å². The fourth-order valence-electron chi connectivity index (χ4n) is 2.07. The van der Waals surface area contributed by atoms with Gasteiger partial charge in [-0.2, -0.15) is 0 Å². The SMILES string of the molecule is Cc1ccc(C(C)(N)Cc2ccccc2)cc1Cl. The average molecular weight is 260 g/mol. The first-order valence-corrected chi connectivity index (χ1v) is 6.46. The summed E-state index contributed by atoms with van der Waals surface area (Å²) in [5.41, 5.74) is 9.41. The molecule has 2 aromatic rings. The van der Waals surface area contributed by atoms with Gasteiger partial charge in [-0.3, -0.25) is 0 Å². The Balaban J connectivity index is 2.27. The van der Waals surface area contributed by atoms with Crippen LogP contribution in [0.2, 0.25) is 5.02 Å². The third kappa shape index (κ3) is 2.92. The van der Waals surface area contributed by atoms with E-state index in [0.717, 1.165) is 22.6 Å². The van der Waals surface area contributed by atoms with Crippen molar-refractivity contribution in [2.24, 2.45) is 5.73 Å². The molecule has 18 heavy (non-hydrogen) atoms. The van der Waals surface area contributed by atoms with Gasteiger partial charge in [0, 0.05) is 10.6 Å². The lowest BCUT2D eigenvalue weighted by atomic mass is 9.86. The summed E-state index contributed by atoms with van der Waals surface area (Å²) in [7, 11) is 0. The molecular weight excluding hydrogens is 242 g/mol. The fraction of sp³-hybridized carbons (Fsp3) is 0.250. The van der Waals surface area contributed by atoms with Crippen molar-refractivity contribution in [1.29, 1.82) is 0 Å². The molecule has 0 amide bonds. The second-order valence-corrected chi connectivity index (χ2v) is 5.45. The lowest BCUT2D eigenvalue weighted by Gasteiger charge is -2.26. The summed E-state index contributed by atoms with van der Waals surface area (Å²) >= 11 is 6.17. The van der Waals surface area contributed by atoms with E-state index < -0.39 is 5.54 Å². The van der Waals surface area contributed by atoms with Crippen LogP contribution in [0.25, 0.3) is 0 Å². The molecule has 2 N–H and O–H groups in total. The Hall–Kier alpha value is -1.31. The highest BCUT2D eigenvalue weighted by Gasteiger charge is 2.22. The van der Waals surface area contributed by atoms with Crippen molar-refractivity contribution < 1.29 is 0 Å². The molecule has 2 heteroatoms. The maximum atomic E-state index is 6.43. The Morgan fingerprint density at radius 1 is 1.11 bits per heavy atom. The molecule has 1 unspecified atom stereocenters. The first kappa shape index (κ1) is 13.1. The minimum absolute atomic E-state index is 0.404. The standard InChI is InChI=1S/C16H18ClN/c1-12-8-9-14(10-15(12)17)16(2,18)11-13-6-4-3-5-7-13/h3-10H,11,18H2,1-2H3. The molecule has 0 heterocycles. The zero-order valence-corrected chi connectivity index (χ0v) is 11.5. The second kappa shape index (κ2) is 5.13. The Kier molecular flexibility index (Phi) is 3.74. The molecule has 1 atom stereocenters. The van der Waals surface area contributed by atoms with Crippen molar-refractivity contribution in [2.45, 2.75) is 25.8 Å². The molecule has 1 nitrogen and oxygen atoms in total. The number of halogens is 1. The Morgan fingerprint density at radius 3 is 2.39 bits per heavy atom. The lowest BCUT2D eigenvalue weighted by Crippen LogP contribution is -2.35. The van der Waals surface area contributed by atoms with Crippen LogP contribution in [-0.4, -0.2) is 0 Å². The molecule has 0 radical (unpaired) electrons. The van der Waals surface area contributed by atoms with Gasteiger partial charge in [-0.15, -0.1) is 0 Å². The van der Waals surface area contributed by atoms with Gasteiger partial charge in [0.15, 0.2) is 0 Å². The minimum atomic E-state index is -0.404. The van der Waals surface area contributed by atoms with Gasteiger partial charge < -0.3 is 5.73 Å².